The van der Waals surface area contributed by atoms with Crippen LogP contribution in [0.4, 0.5) is 23.4 Å². The third-order valence-corrected chi connectivity index (χ3v) is 6.80. The van der Waals surface area contributed by atoms with Crippen molar-refractivity contribution in [1.82, 2.24) is 25.1 Å². The number of halogens is 4. The van der Waals surface area contributed by atoms with Crippen LogP contribution in [0.1, 0.15) is 35.7 Å². The smallest absolute Gasteiger partial charge is 0.451 e. The lowest BCUT2D eigenvalue weighted by Gasteiger charge is -2.18. The van der Waals surface area contributed by atoms with Gasteiger partial charge in [-0.3, -0.25) is 0 Å². The van der Waals surface area contributed by atoms with E-state index in [2.05, 4.69) is 30.4 Å². The summed E-state index contributed by atoms with van der Waals surface area (Å²) in [5.74, 6) is -0.134. The molecule has 0 amide bonds. The fourth-order valence-corrected chi connectivity index (χ4v) is 4.48. The quantitative estimate of drug-likeness (QED) is 0.156. The standard InChI is InChI=1S/C32H24F4N6O3/c1-19(23-14-37-31(38-15-23)32(34,35)36)41-30-26-11-22(21-7-9-24(33)10-8-21)12-27(29(26)39-18-40-30)43-17-25-13-28(42-45-25)44-16-20-5-3-2-4-6-20/h2-15,18-19H,16-17H2,1H3,(H,39,40,41)/t19-/m1/s1. The van der Waals surface area contributed by atoms with Gasteiger partial charge in [0.15, 0.2) is 5.76 Å². The van der Waals surface area contributed by atoms with E-state index in [1.165, 1.54) is 18.5 Å². The molecular formula is C32H24F4N6O3. The van der Waals surface area contributed by atoms with Gasteiger partial charge in [-0.05, 0) is 53.0 Å². The van der Waals surface area contributed by atoms with E-state index < -0.39 is 18.0 Å². The summed E-state index contributed by atoms with van der Waals surface area (Å²) in [6.07, 6.45) is -1.07. The van der Waals surface area contributed by atoms with E-state index in [9.17, 15) is 17.6 Å². The van der Waals surface area contributed by atoms with Gasteiger partial charge < -0.3 is 19.3 Å². The first kappa shape index (κ1) is 29.5. The van der Waals surface area contributed by atoms with E-state index in [1.807, 2.05) is 36.4 Å². The molecule has 6 aromatic rings. The van der Waals surface area contributed by atoms with Crippen molar-refractivity contribution in [3.63, 3.8) is 0 Å². The molecule has 0 fully saturated rings. The molecule has 3 heterocycles. The molecule has 3 aromatic heterocycles. The number of nitrogens with zero attached hydrogens (tertiary/aromatic N) is 5. The first-order valence-electron chi connectivity index (χ1n) is 13.7. The molecule has 0 radical (unpaired) electrons. The maximum absolute atomic E-state index is 13.7. The minimum atomic E-state index is -4.65. The van der Waals surface area contributed by atoms with Gasteiger partial charge in [-0.15, -0.1) is 0 Å². The normalized spacial score (nSPS) is 12.2. The van der Waals surface area contributed by atoms with Crippen LogP contribution in [0.25, 0.3) is 22.0 Å². The zero-order chi connectivity index (χ0) is 31.4. The summed E-state index contributed by atoms with van der Waals surface area (Å²) in [7, 11) is 0. The summed E-state index contributed by atoms with van der Waals surface area (Å²) >= 11 is 0. The van der Waals surface area contributed by atoms with E-state index in [0.29, 0.717) is 57.4 Å². The molecule has 13 heteroatoms. The maximum Gasteiger partial charge on any atom is 0.451 e. The molecule has 0 aliphatic heterocycles. The SMILES string of the molecule is C[C@@H](Nc1ncnc2c(OCc3cc(OCc4ccccc4)no3)cc(-c3ccc(F)cc3)cc12)c1cnc(C(F)(F)F)nc1. The lowest BCUT2D eigenvalue weighted by Crippen LogP contribution is -2.14. The molecule has 0 aliphatic carbocycles. The van der Waals surface area contributed by atoms with Gasteiger partial charge in [0.05, 0.1) is 6.04 Å². The number of ether oxygens (including phenoxy) is 2. The molecule has 45 heavy (non-hydrogen) atoms. The number of anilines is 1. The highest BCUT2D eigenvalue weighted by Crippen LogP contribution is 2.36. The number of rotatable bonds is 10. The highest BCUT2D eigenvalue weighted by atomic mass is 19.4. The highest BCUT2D eigenvalue weighted by Gasteiger charge is 2.34. The lowest BCUT2D eigenvalue weighted by molar-refractivity contribution is -0.145. The zero-order valence-corrected chi connectivity index (χ0v) is 23.6. The van der Waals surface area contributed by atoms with E-state index in [4.69, 9.17) is 14.0 Å². The summed E-state index contributed by atoms with van der Waals surface area (Å²) in [5.41, 5.74) is 3.24. The predicted molar refractivity (Wildman–Crippen MR) is 156 cm³/mol. The van der Waals surface area contributed by atoms with E-state index in [1.54, 1.807) is 31.2 Å². The second kappa shape index (κ2) is 12.6. The summed E-state index contributed by atoms with van der Waals surface area (Å²) in [4.78, 5) is 15.7. The number of benzene rings is 3. The molecule has 9 nitrogen and oxygen atoms in total. The molecule has 3 aromatic carbocycles. The van der Waals surface area contributed by atoms with E-state index >= 15 is 0 Å². The lowest BCUT2D eigenvalue weighted by atomic mass is 10.0. The minimum Gasteiger partial charge on any atom is -0.483 e. The van der Waals surface area contributed by atoms with Gasteiger partial charge in [-0.2, -0.15) is 13.2 Å². The first-order chi connectivity index (χ1) is 21.7. The molecule has 0 spiro atoms. The van der Waals surface area contributed by atoms with Crippen LogP contribution in [0, 0.1) is 5.82 Å². The third kappa shape index (κ3) is 6.98. The Labute approximate surface area is 253 Å². The van der Waals surface area contributed by atoms with Crippen LogP contribution >= 0.6 is 0 Å². The Kier molecular flexibility index (Phi) is 8.23. The van der Waals surface area contributed by atoms with Crippen LogP contribution in [0.3, 0.4) is 0 Å². The van der Waals surface area contributed by atoms with Gasteiger partial charge in [0.25, 0.3) is 5.88 Å². The Morgan fingerprint density at radius 1 is 0.844 bits per heavy atom. The molecule has 0 saturated heterocycles. The summed E-state index contributed by atoms with van der Waals surface area (Å²) in [5, 5.41) is 7.71. The van der Waals surface area contributed by atoms with Crippen molar-refractivity contribution in [2.24, 2.45) is 0 Å². The second-order valence-corrected chi connectivity index (χ2v) is 10.00. The molecule has 228 valence electrons. The Hall–Kier alpha value is -5.59. The van der Waals surface area contributed by atoms with Crippen molar-refractivity contribution in [3.05, 3.63) is 120 Å². The largest absolute Gasteiger partial charge is 0.483 e. The van der Waals surface area contributed by atoms with Crippen molar-refractivity contribution in [1.29, 1.82) is 0 Å². The maximum atomic E-state index is 13.7. The molecule has 1 atom stereocenters. The van der Waals surface area contributed by atoms with Crippen LogP contribution < -0.4 is 14.8 Å². The zero-order valence-electron chi connectivity index (χ0n) is 23.6. The Morgan fingerprint density at radius 2 is 1.60 bits per heavy atom. The predicted octanol–water partition coefficient (Wildman–Crippen LogP) is 7.56. The summed E-state index contributed by atoms with van der Waals surface area (Å²) < 4.78 is 69.8. The highest BCUT2D eigenvalue weighted by molar-refractivity contribution is 5.96. The van der Waals surface area contributed by atoms with E-state index in [0.717, 1.165) is 18.0 Å². The van der Waals surface area contributed by atoms with Gasteiger partial charge in [-0.25, -0.2) is 24.3 Å². The van der Waals surface area contributed by atoms with Gasteiger partial charge in [0, 0.05) is 29.4 Å². The summed E-state index contributed by atoms with van der Waals surface area (Å²) in [6.45, 7) is 2.06. The van der Waals surface area contributed by atoms with Gasteiger partial charge in [-0.1, -0.05) is 42.5 Å². The van der Waals surface area contributed by atoms with E-state index in [-0.39, 0.29) is 12.4 Å². The fourth-order valence-electron chi connectivity index (χ4n) is 4.48. The van der Waals surface area contributed by atoms with Crippen LogP contribution in [0.5, 0.6) is 11.6 Å². The van der Waals surface area contributed by atoms with Crippen molar-refractivity contribution in [2.75, 3.05) is 5.32 Å². The number of nitrogens with one attached hydrogen (secondary N) is 1. The number of fused-ring (bicyclic) bond motifs is 1. The van der Waals surface area contributed by atoms with Crippen molar-refractivity contribution in [3.8, 4) is 22.8 Å². The van der Waals surface area contributed by atoms with Gasteiger partial charge >= 0.3 is 6.18 Å². The average molecular weight is 617 g/mol. The molecule has 0 unspecified atom stereocenters. The van der Waals surface area contributed by atoms with Crippen LogP contribution in [0.15, 0.2) is 96.0 Å². The molecule has 0 aliphatic rings. The molecule has 1 N–H and O–H groups in total. The number of alkyl halides is 3. The van der Waals surface area contributed by atoms with Crippen LogP contribution in [-0.4, -0.2) is 25.1 Å². The monoisotopic (exact) mass is 616 g/mol. The van der Waals surface area contributed by atoms with Gasteiger partial charge in [0.1, 0.15) is 42.4 Å². The fraction of sp³-hybridized carbons (Fsp3) is 0.156. The van der Waals surface area contributed by atoms with Crippen molar-refractivity contribution in [2.45, 2.75) is 32.4 Å². The molecule has 6 rings (SSSR count). The Morgan fingerprint density at radius 3 is 2.33 bits per heavy atom. The van der Waals surface area contributed by atoms with Crippen LogP contribution in [-0.2, 0) is 19.4 Å². The number of hydrogen-bond donors (Lipinski definition) is 1. The average Bonchev–Trinajstić information content (AvgIpc) is 3.51. The van der Waals surface area contributed by atoms with Crippen LogP contribution in [0.2, 0.25) is 0 Å². The third-order valence-electron chi connectivity index (χ3n) is 6.80. The van der Waals surface area contributed by atoms with Gasteiger partial charge in [0.2, 0.25) is 5.82 Å². The molecule has 0 saturated carbocycles. The topological polar surface area (TPSA) is 108 Å². The number of aromatic nitrogens is 5. The Bertz CT molecular complexity index is 1900. The number of hydrogen-bond acceptors (Lipinski definition) is 9. The van der Waals surface area contributed by atoms with Crippen molar-refractivity contribution < 1.29 is 31.6 Å². The second-order valence-electron chi connectivity index (χ2n) is 10.00. The van der Waals surface area contributed by atoms with Crippen molar-refractivity contribution >= 4 is 16.7 Å². The first-order valence-corrected chi connectivity index (χ1v) is 13.7. The molecule has 0 bridgehead atoms. The Balaban J connectivity index is 1.27. The minimum absolute atomic E-state index is 0.00424. The molecular weight excluding hydrogens is 592 g/mol. The summed E-state index contributed by atoms with van der Waals surface area (Å²) in [6, 6.07) is 20.3.